The predicted molar refractivity (Wildman–Crippen MR) is 120 cm³/mol. The molecule has 1 fully saturated rings. The molecule has 1 heterocycles. The van der Waals surface area contributed by atoms with Crippen molar-refractivity contribution >= 4 is 27.3 Å². The highest BCUT2D eigenvalue weighted by molar-refractivity contribution is 7.92. The molecule has 172 valence electrons. The topological polar surface area (TPSA) is 90.0 Å². The van der Waals surface area contributed by atoms with Gasteiger partial charge in [-0.15, -0.1) is 0 Å². The van der Waals surface area contributed by atoms with Gasteiger partial charge in [-0.2, -0.15) is 0 Å². The number of amides is 1. The summed E-state index contributed by atoms with van der Waals surface area (Å²) in [6.45, 7) is 1.98. The van der Waals surface area contributed by atoms with Crippen LogP contribution in [0.2, 0.25) is 0 Å². The maximum Gasteiger partial charge on any atom is 0.262 e. The number of aromatic hydroxyl groups is 1. The Kier molecular flexibility index (Phi) is 6.19. The van der Waals surface area contributed by atoms with E-state index in [2.05, 4.69) is 9.62 Å². The van der Waals surface area contributed by atoms with Gasteiger partial charge in [0.15, 0.2) is 11.6 Å². The van der Waals surface area contributed by atoms with Crippen LogP contribution < -0.4 is 9.62 Å². The molecule has 1 aliphatic rings. The standard InChI is InChI=1S/C23H21F2N3O4S/c24-20-10-9-18(15-21(20)25)33(31,32)26-22-4-2-1-3-19(22)23(30)28-13-11-27(12-14-28)16-5-7-17(29)8-6-16/h1-10,15,26,29H,11-14H2. The molecular formula is C23H21F2N3O4S. The molecule has 7 nitrogen and oxygen atoms in total. The second-order valence-corrected chi connectivity index (χ2v) is 9.21. The average Bonchev–Trinajstić information content (AvgIpc) is 2.81. The number of anilines is 2. The molecule has 0 bridgehead atoms. The van der Waals surface area contributed by atoms with E-state index in [9.17, 15) is 27.1 Å². The van der Waals surface area contributed by atoms with Gasteiger partial charge < -0.3 is 14.9 Å². The first kappa shape index (κ1) is 22.5. The van der Waals surface area contributed by atoms with E-state index < -0.39 is 26.6 Å². The number of hydrogen-bond donors (Lipinski definition) is 2. The fourth-order valence-electron chi connectivity index (χ4n) is 3.61. The maximum atomic E-state index is 13.5. The molecule has 0 saturated carbocycles. The Balaban J connectivity index is 1.49. The lowest BCUT2D eigenvalue weighted by molar-refractivity contribution is 0.0748. The fourth-order valence-corrected chi connectivity index (χ4v) is 4.70. The third kappa shape index (κ3) is 4.90. The third-order valence-electron chi connectivity index (χ3n) is 5.38. The summed E-state index contributed by atoms with van der Waals surface area (Å²) in [5.41, 5.74) is 1.13. The second kappa shape index (κ2) is 9.07. The first-order valence-electron chi connectivity index (χ1n) is 10.1. The lowest BCUT2D eigenvalue weighted by Crippen LogP contribution is -2.48. The van der Waals surface area contributed by atoms with Crippen LogP contribution in [0.15, 0.2) is 71.6 Å². The van der Waals surface area contributed by atoms with Crippen LogP contribution >= 0.6 is 0 Å². The number of para-hydroxylation sites is 1. The summed E-state index contributed by atoms with van der Waals surface area (Å²) in [7, 11) is -4.24. The molecule has 3 aromatic carbocycles. The summed E-state index contributed by atoms with van der Waals surface area (Å²) in [6, 6.07) is 15.2. The maximum absolute atomic E-state index is 13.5. The van der Waals surface area contributed by atoms with Crippen molar-refractivity contribution in [1.29, 1.82) is 0 Å². The average molecular weight is 474 g/mol. The van der Waals surface area contributed by atoms with Gasteiger partial charge in [0, 0.05) is 31.9 Å². The van der Waals surface area contributed by atoms with Crippen molar-refractivity contribution in [3.63, 3.8) is 0 Å². The van der Waals surface area contributed by atoms with Gasteiger partial charge in [0.2, 0.25) is 0 Å². The van der Waals surface area contributed by atoms with Crippen molar-refractivity contribution in [3.8, 4) is 5.75 Å². The largest absolute Gasteiger partial charge is 0.508 e. The molecule has 1 aliphatic heterocycles. The number of carbonyl (C=O) groups is 1. The van der Waals surface area contributed by atoms with Crippen LogP contribution in [-0.4, -0.2) is 50.5 Å². The summed E-state index contributed by atoms with van der Waals surface area (Å²) < 4.78 is 54.4. The minimum atomic E-state index is -4.24. The van der Waals surface area contributed by atoms with Crippen molar-refractivity contribution in [2.75, 3.05) is 35.8 Å². The van der Waals surface area contributed by atoms with Crippen molar-refractivity contribution < 1.29 is 27.1 Å². The Labute approximate surface area is 189 Å². The van der Waals surface area contributed by atoms with E-state index in [4.69, 9.17) is 0 Å². The quantitative estimate of drug-likeness (QED) is 0.593. The van der Waals surface area contributed by atoms with E-state index in [1.807, 2.05) is 0 Å². The molecule has 0 radical (unpaired) electrons. The number of halogens is 2. The van der Waals surface area contributed by atoms with E-state index in [1.165, 1.54) is 12.1 Å². The molecule has 0 spiro atoms. The number of hydrogen-bond acceptors (Lipinski definition) is 5. The molecule has 1 saturated heterocycles. The van der Waals surface area contributed by atoms with Crippen LogP contribution in [0.25, 0.3) is 0 Å². The van der Waals surface area contributed by atoms with Crippen LogP contribution in [-0.2, 0) is 10.0 Å². The molecule has 3 aromatic rings. The first-order chi connectivity index (χ1) is 15.7. The van der Waals surface area contributed by atoms with E-state index in [-0.39, 0.29) is 22.9 Å². The number of phenolic OH excluding ortho intramolecular Hbond substituents is 1. The second-order valence-electron chi connectivity index (χ2n) is 7.52. The molecule has 0 atom stereocenters. The molecule has 4 rings (SSSR count). The fraction of sp³-hybridized carbons (Fsp3) is 0.174. The minimum absolute atomic E-state index is 0.0493. The molecule has 2 N–H and O–H groups in total. The Hall–Kier alpha value is -3.66. The van der Waals surface area contributed by atoms with Gasteiger partial charge in [-0.05, 0) is 54.6 Å². The van der Waals surface area contributed by atoms with E-state index in [0.29, 0.717) is 32.2 Å². The van der Waals surface area contributed by atoms with Crippen LogP contribution in [0, 0.1) is 11.6 Å². The van der Waals surface area contributed by atoms with Gasteiger partial charge in [0.05, 0.1) is 16.1 Å². The van der Waals surface area contributed by atoms with E-state index in [0.717, 1.165) is 17.8 Å². The molecule has 0 unspecified atom stereocenters. The zero-order valence-electron chi connectivity index (χ0n) is 17.4. The Bertz CT molecular complexity index is 1280. The summed E-state index contributed by atoms with van der Waals surface area (Å²) in [5.74, 6) is -2.61. The SMILES string of the molecule is O=C(c1ccccc1NS(=O)(=O)c1ccc(F)c(F)c1)N1CCN(c2ccc(O)cc2)CC1. The number of nitrogens with zero attached hydrogens (tertiary/aromatic N) is 2. The predicted octanol–water partition coefficient (Wildman–Crippen LogP) is 3.43. The number of carbonyl (C=O) groups excluding carboxylic acids is 1. The summed E-state index contributed by atoms with van der Waals surface area (Å²) >= 11 is 0. The monoisotopic (exact) mass is 473 g/mol. The Morgan fingerprint density at radius 3 is 2.21 bits per heavy atom. The Morgan fingerprint density at radius 2 is 1.55 bits per heavy atom. The molecule has 1 amide bonds. The number of nitrogens with one attached hydrogen (secondary N) is 1. The van der Waals surface area contributed by atoms with Gasteiger partial charge >= 0.3 is 0 Å². The normalized spacial score (nSPS) is 14.2. The van der Waals surface area contributed by atoms with Crippen molar-refractivity contribution in [1.82, 2.24) is 4.90 Å². The first-order valence-corrected chi connectivity index (χ1v) is 11.6. The van der Waals surface area contributed by atoms with Crippen molar-refractivity contribution in [3.05, 3.63) is 83.9 Å². The van der Waals surface area contributed by atoms with Gasteiger partial charge in [0.1, 0.15) is 5.75 Å². The summed E-state index contributed by atoms with van der Waals surface area (Å²) in [6.07, 6.45) is 0. The molecule has 0 aliphatic carbocycles. The highest BCUT2D eigenvalue weighted by Crippen LogP contribution is 2.24. The van der Waals surface area contributed by atoms with Gasteiger partial charge in [-0.25, -0.2) is 17.2 Å². The number of rotatable bonds is 5. The van der Waals surface area contributed by atoms with Crippen molar-refractivity contribution in [2.24, 2.45) is 0 Å². The third-order valence-corrected chi connectivity index (χ3v) is 6.75. The van der Waals surface area contributed by atoms with Gasteiger partial charge in [-0.1, -0.05) is 12.1 Å². The summed E-state index contributed by atoms with van der Waals surface area (Å²) in [4.78, 5) is 16.4. The molecule has 0 aromatic heterocycles. The van der Waals surface area contributed by atoms with Gasteiger partial charge in [-0.3, -0.25) is 9.52 Å². The Morgan fingerprint density at radius 1 is 0.879 bits per heavy atom. The van der Waals surface area contributed by atoms with Crippen LogP contribution in [0.5, 0.6) is 5.75 Å². The summed E-state index contributed by atoms with van der Waals surface area (Å²) in [5, 5.41) is 9.45. The number of benzene rings is 3. The van der Waals surface area contributed by atoms with E-state index >= 15 is 0 Å². The molecule has 10 heteroatoms. The smallest absolute Gasteiger partial charge is 0.262 e. The number of sulfonamides is 1. The zero-order valence-corrected chi connectivity index (χ0v) is 18.2. The van der Waals surface area contributed by atoms with Crippen LogP contribution in [0.4, 0.5) is 20.2 Å². The number of piperazine rings is 1. The van der Waals surface area contributed by atoms with Crippen LogP contribution in [0.1, 0.15) is 10.4 Å². The minimum Gasteiger partial charge on any atom is -0.508 e. The van der Waals surface area contributed by atoms with Crippen molar-refractivity contribution in [2.45, 2.75) is 4.90 Å². The lowest BCUT2D eigenvalue weighted by Gasteiger charge is -2.36. The van der Waals surface area contributed by atoms with Gasteiger partial charge in [0.25, 0.3) is 15.9 Å². The van der Waals surface area contributed by atoms with E-state index in [1.54, 1.807) is 41.3 Å². The van der Waals surface area contributed by atoms with Crippen LogP contribution in [0.3, 0.4) is 0 Å². The highest BCUT2D eigenvalue weighted by atomic mass is 32.2. The highest BCUT2D eigenvalue weighted by Gasteiger charge is 2.26. The molecule has 33 heavy (non-hydrogen) atoms. The number of phenols is 1. The molecular weight excluding hydrogens is 452 g/mol. The lowest BCUT2D eigenvalue weighted by atomic mass is 10.1. The zero-order chi connectivity index (χ0) is 23.6.